The van der Waals surface area contributed by atoms with E-state index in [1.54, 1.807) is 0 Å². The first-order valence-electron chi connectivity index (χ1n) is 6.79. The van der Waals surface area contributed by atoms with Crippen molar-refractivity contribution in [2.45, 2.75) is 19.4 Å². The lowest BCUT2D eigenvalue weighted by atomic mass is 10.1. The highest BCUT2D eigenvalue weighted by Crippen LogP contribution is 2.11. The molecule has 1 atom stereocenters. The van der Waals surface area contributed by atoms with Gasteiger partial charge >= 0.3 is 0 Å². The lowest BCUT2D eigenvalue weighted by molar-refractivity contribution is 0.577. The Morgan fingerprint density at radius 1 is 1.11 bits per heavy atom. The Kier molecular flexibility index (Phi) is 4.93. The Morgan fingerprint density at radius 3 is 2.63 bits per heavy atom. The third-order valence-corrected chi connectivity index (χ3v) is 3.35. The zero-order valence-corrected chi connectivity index (χ0v) is 11.5. The van der Waals surface area contributed by atoms with Crippen LogP contribution in [0.25, 0.3) is 6.08 Å². The maximum atomic E-state index is 3.80. The summed E-state index contributed by atoms with van der Waals surface area (Å²) in [5, 5.41) is 3.56. The molecule has 98 valence electrons. The van der Waals surface area contributed by atoms with Crippen LogP contribution in [0.15, 0.2) is 61.2 Å². The van der Waals surface area contributed by atoms with E-state index in [2.05, 4.69) is 73.4 Å². The molecule has 2 aromatic carbocycles. The maximum Gasteiger partial charge on any atom is 0.0291 e. The van der Waals surface area contributed by atoms with Gasteiger partial charge in [0.2, 0.25) is 0 Å². The molecule has 1 unspecified atom stereocenters. The summed E-state index contributed by atoms with van der Waals surface area (Å²) < 4.78 is 0. The van der Waals surface area contributed by atoms with Gasteiger partial charge in [-0.2, -0.15) is 0 Å². The fourth-order valence-electron chi connectivity index (χ4n) is 2.17. The second-order valence-electron chi connectivity index (χ2n) is 4.79. The predicted molar refractivity (Wildman–Crippen MR) is 83.1 cm³/mol. The first-order valence-corrected chi connectivity index (χ1v) is 6.79. The van der Waals surface area contributed by atoms with Crippen LogP contribution in [0.3, 0.4) is 0 Å². The molecule has 1 nitrogen and oxygen atoms in total. The Bertz CT molecular complexity index is 516. The van der Waals surface area contributed by atoms with Crippen LogP contribution in [-0.2, 0) is 6.42 Å². The Hall–Kier alpha value is -1.86. The van der Waals surface area contributed by atoms with Crippen molar-refractivity contribution in [2.24, 2.45) is 0 Å². The third-order valence-electron chi connectivity index (χ3n) is 3.35. The van der Waals surface area contributed by atoms with E-state index in [1.807, 2.05) is 6.08 Å². The van der Waals surface area contributed by atoms with Crippen LogP contribution in [-0.4, -0.2) is 6.54 Å². The molecule has 2 rings (SSSR count). The van der Waals surface area contributed by atoms with E-state index in [0.717, 1.165) is 13.0 Å². The number of hydrogen-bond acceptors (Lipinski definition) is 1. The molecule has 2 aromatic rings. The van der Waals surface area contributed by atoms with Gasteiger partial charge in [0.1, 0.15) is 0 Å². The van der Waals surface area contributed by atoms with Crippen molar-refractivity contribution in [3.8, 4) is 0 Å². The van der Waals surface area contributed by atoms with E-state index < -0.39 is 0 Å². The van der Waals surface area contributed by atoms with Gasteiger partial charge in [-0.15, -0.1) is 0 Å². The molecule has 1 heteroatoms. The van der Waals surface area contributed by atoms with Crippen molar-refractivity contribution in [1.29, 1.82) is 0 Å². The molecule has 19 heavy (non-hydrogen) atoms. The van der Waals surface area contributed by atoms with E-state index >= 15 is 0 Å². The minimum absolute atomic E-state index is 0.392. The summed E-state index contributed by atoms with van der Waals surface area (Å²) in [4.78, 5) is 0. The van der Waals surface area contributed by atoms with E-state index in [0.29, 0.717) is 6.04 Å². The second-order valence-corrected chi connectivity index (χ2v) is 4.79. The van der Waals surface area contributed by atoms with Crippen LogP contribution in [0.1, 0.15) is 29.7 Å². The zero-order valence-electron chi connectivity index (χ0n) is 11.5. The van der Waals surface area contributed by atoms with Crippen LogP contribution in [0, 0.1) is 0 Å². The van der Waals surface area contributed by atoms with Crippen LogP contribution in [0.4, 0.5) is 0 Å². The third kappa shape index (κ3) is 4.08. The molecule has 0 aromatic heterocycles. The Morgan fingerprint density at radius 2 is 1.89 bits per heavy atom. The first kappa shape index (κ1) is 13.6. The van der Waals surface area contributed by atoms with Crippen LogP contribution in [0.5, 0.6) is 0 Å². The minimum Gasteiger partial charge on any atom is -0.310 e. The largest absolute Gasteiger partial charge is 0.310 e. The molecule has 0 aliphatic heterocycles. The molecule has 0 saturated carbocycles. The molecule has 0 bridgehead atoms. The standard InChI is InChI=1S/C18H21N/c1-3-16-8-7-9-17(14-16)12-13-19-15(2)18-10-5-4-6-11-18/h3-11,14-15,19H,1,12-13H2,2H3. The highest BCUT2D eigenvalue weighted by Gasteiger charge is 2.03. The molecule has 0 heterocycles. The highest BCUT2D eigenvalue weighted by atomic mass is 14.9. The van der Waals surface area contributed by atoms with Gasteiger partial charge in [-0.1, -0.05) is 67.3 Å². The van der Waals surface area contributed by atoms with Crippen LogP contribution < -0.4 is 5.32 Å². The quantitative estimate of drug-likeness (QED) is 0.810. The first-order chi connectivity index (χ1) is 9.29. The summed E-state index contributed by atoms with van der Waals surface area (Å²) in [6, 6.07) is 19.5. The van der Waals surface area contributed by atoms with E-state index in [4.69, 9.17) is 0 Å². The number of benzene rings is 2. The van der Waals surface area contributed by atoms with E-state index in [9.17, 15) is 0 Å². The van der Waals surface area contributed by atoms with Crippen molar-refractivity contribution in [3.05, 3.63) is 77.9 Å². The molecule has 0 aliphatic rings. The van der Waals surface area contributed by atoms with Crippen molar-refractivity contribution < 1.29 is 0 Å². The fraction of sp³-hybridized carbons (Fsp3) is 0.222. The van der Waals surface area contributed by atoms with E-state index in [1.165, 1.54) is 16.7 Å². The van der Waals surface area contributed by atoms with Gasteiger partial charge in [-0.25, -0.2) is 0 Å². The molecular weight excluding hydrogens is 230 g/mol. The van der Waals surface area contributed by atoms with Gasteiger partial charge in [0.25, 0.3) is 0 Å². The summed E-state index contributed by atoms with van der Waals surface area (Å²) in [5.74, 6) is 0. The molecule has 0 aliphatic carbocycles. The summed E-state index contributed by atoms with van der Waals surface area (Å²) in [6.45, 7) is 6.99. The average molecular weight is 251 g/mol. The molecule has 0 spiro atoms. The highest BCUT2D eigenvalue weighted by molar-refractivity contribution is 5.47. The van der Waals surface area contributed by atoms with Gasteiger partial charge in [0.15, 0.2) is 0 Å². The van der Waals surface area contributed by atoms with Crippen LogP contribution in [0.2, 0.25) is 0 Å². The minimum atomic E-state index is 0.392. The molecule has 0 amide bonds. The van der Waals surface area contributed by atoms with Crippen molar-refractivity contribution >= 4 is 6.08 Å². The van der Waals surface area contributed by atoms with E-state index in [-0.39, 0.29) is 0 Å². The summed E-state index contributed by atoms with van der Waals surface area (Å²) >= 11 is 0. The Labute approximate surface area is 116 Å². The summed E-state index contributed by atoms with van der Waals surface area (Å²) in [7, 11) is 0. The monoisotopic (exact) mass is 251 g/mol. The lowest BCUT2D eigenvalue weighted by Crippen LogP contribution is -2.21. The van der Waals surface area contributed by atoms with Gasteiger partial charge in [0, 0.05) is 6.04 Å². The van der Waals surface area contributed by atoms with Crippen LogP contribution >= 0.6 is 0 Å². The Balaban J connectivity index is 1.84. The smallest absolute Gasteiger partial charge is 0.0291 e. The molecule has 0 fully saturated rings. The normalized spacial score (nSPS) is 12.1. The van der Waals surface area contributed by atoms with Gasteiger partial charge in [-0.3, -0.25) is 0 Å². The zero-order chi connectivity index (χ0) is 13.5. The lowest BCUT2D eigenvalue weighted by Gasteiger charge is -2.14. The predicted octanol–water partition coefficient (Wildman–Crippen LogP) is 4.22. The molecular formula is C18H21N. The van der Waals surface area contributed by atoms with Crippen molar-refractivity contribution in [2.75, 3.05) is 6.54 Å². The van der Waals surface area contributed by atoms with Gasteiger partial charge < -0.3 is 5.32 Å². The SMILES string of the molecule is C=Cc1cccc(CCNC(C)c2ccccc2)c1. The second kappa shape index (κ2) is 6.91. The van der Waals surface area contributed by atoms with Crippen molar-refractivity contribution in [1.82, 2.24) is 5.32 Å². The molecule has 0 saturated heterocycles. The fourth-order valence-corrected chi connectivity index (χ4v) is 2.17. The number of rotatable bonds is 6. The maximum absolute atomic E-state index is 3.80. The molecule has 1 N–H and O–H groups in total. The molecule has 0 radical (unpaired) electrons. The van der Waals surface area contributed by atoms with Gasteiger partial charge in [0.05, 0.1) is 0 Å². The van der Waals surface area contributed by atoms with Crippen molar-refractivity contribution in [3.63, 3.8) is 0 Å². The van der Waals surface area contributed by atoms with Gasteiger partial charge in [-0.05, 0) is 36.6 Å². The topological polar surface area (TPSA) is 12.0 Å². The summed E-state index contributed by atoms with van der Waals surface area (Å²) in [5.41, 5.74) is 3.88. The average Bonchev–Trinajstić information content (AvgIpc) is 2.48. The number of nitrogens with one attached hydrogen (secondary N) is 1. The number of hydrogen-bond donors (Lipinski definition) is 1. The summed E-state index contributed by atoms with van der Waals surface area (Å²) in [6.07, 6.45) is 2.93.